The molecule has 0 aromatic rings. The van der Waals surface area contributed by atoms with E-state index in [4.69, 9.17) is 0 Å². The maximum absolute atomic E-state index is 12.1. The zero-order chi connectivity index (χ0) is 15.8. The maximum Gasteiger partial charge on any atom is 0.135 e. The quantitative estimate of drug-likeness (QED) is 0.465. The number of unbranched alkanes of at least 4 members (excludes halogenated alkanes) is 3. The monoisotopic (exact) mass is 306 g/mol. The van der Waals surface area contributed by atoms with Crippen LogP contribution in [-0.2, 0) is 4.79 Å². The van der Waals surface area contributed by atoms with Gasteiger partial charge in [0.25, 0.3) is 0 Å². The first-order valence-electron chi connectivity index (χ1n) is 10.3. The molecule has 0 bridgehead atoms. The first-order chi connectivity index (χ1) is 10.7. The summed E-state index contributed by atoms with van der Waals surface area (Å²) in [5.74, 6) is 3.83. The van der Waals surface area contributed by atoms with E-state index in [-0.39, 0.29) is 0 Å². The molecule has 2 atom stereocenters. The van der Waals surface area contributed by atoms with Gasteiger partial charge in [-0.2, -0.15) is 0 Å². The van der Waals surface area contributed by atoms with Crippen LogP contribution >= 0.6 is 0 Å². The largest absolute Gasteiger partial charge is 0.299 e. The molecule has 2 aliphatic carbocycles. The normalized spacial score (nSPS) is 33.1. The highest BCUT2D eigenvalue weighted by Gasteiger charge is 2.34. The average Bonchev–Trinajstić information content (AvgIpc) is 2.55. The van der Waals surface area contributed by atoms with Crippen LogP contribution in [0.4, 0.5) is 0 Å². The molecule has 2 aliphatic rings. The molecule has 0 N–H and O–H groups in total. The first-order valence-corrected chi connectivity index (χ1v) is 10.3. The van der Waals surface area contributed by atoms with Gasteiger partial charge in [0.1, 0.15) is 5.78 Å². The summed E-state index contributed by atoms with van der Waals surface area (Å²) < 4.78 is 0. The average molecular weight is 307 g/mol. The summed E-state index contributed by atoms with van der Waals surface area (Å²) in [4.78, 5) is 12.1. The van der Waals surface area contributed by atoms with Gasteiger partial charge in [0.05, 0.1) is 0 Å². The van der Waals surface area contributed by atoms with E-state index >= 15 is 0 Å². The van der Waals surface area contributed by atoms with E-state index in [1.807, 2.05) is 0 Å². The van der Waals surface area contributed by atoms with Crippen molar-refractivity contribution in [2.24, 2.45) is 23.7 Å². The standard InChI is InChI=1S/C21H38O/c1-3-5-7-8-17-10-12-18(13-11-17)19-14-15-21(22)20(16-19)9-6-4-2/h17-20H,3-16H2,1-2H3. The van der Waals surface area contributed by atoms with E-state index in [0.29, 0.717) is 11.7 Å². The Morgan fingerprint density at radius 3 is 2.23 bits per heavy atom. The van der Waals surface area contributed by atoms with Gasteiger partial charge in [-0.25, -0.2) is 0 Å². The van der Waals surface area contributed by atoms with Crippen molar-refractivity contribution in [2.45, 2.75) is 104 Å². The van der Waals surface area contributed by atoms with Crippen molar-refractivity contribution in [2.75, 3.05) is 0 Å². The van der Waals surface area contributed by atoms with E-state index in [0.717, 1.165) is 30.6 Å². The predicted octanol–water partition coefficient (Wildman–Crippen LogP) is 6.55. The summed E-state index contributed by atoms with van der Waals surface area (Å²) in [6.45, 7) is 4.54. The lowest BCUT2D eigenvalue weighted by Crippen LogP contribution is -2.31. The Morgan fingerprint density at radius 2 is 1.55 bits per heavy atom. The van der Waals surface area contributed by atoms with Crippen LogP contribution in [0.2, 0.25) is 0 Å². The second-order valence-electron chi connectivity index (χ2n) is 8.12. The molecule has 0 heterocycles. The Balaban J connectivity index is 1.72. The lowest BCUT2D eigenvalue weighted by Gasteiger charge is -2.38. The van der Waals surface area contributed by atoms with Crippen LogP contribution in [0, 0.1) is 23.7 Å². The molecule has 0 aromatic heterocycles. The molecule has 0 aliphatic heterocycles. The van der Waals surface area contributed by atoms with E-state index < -0.39 is 0 Å². The highest BCUT2D eigenvalue weighted by molar-refractivity contribution is 5.81. The van der Waals surface area contributed by atoms with Crippen molar-refractivity contribution in [1.29, 1.82) is 0 Å². The van der Waals surface area contributed by atoms with Crippen LogP contribution in [-0.4, -0.2) is 5.78 Å². The summed E-state index contributed by atoms with van der Waals surface area (Å²) in [6.07, 6.45) is 18.5. The van der Waals surface area contributed by atoms with Gasteiger partial charge < -0.3 is 0 Å². The highest BCUT2D eigenvalue weighted by Crippen LogP contribution is 2.42. The molecule has 0 saturated heterocycles. The van der Waals surface area contributed by atoms with Gasteiger partial charge in [-0.15, -0.1) is 0 Å². The first kappa shape index (κ1) is 18.0. The van der Waals surface area contributed by atoms with Gasteiger partial charge >= 0.3 is 0 Å². The predicted molar refractivity (Wildman–Crippen MR) is 95.0 cm³/mol. The van der Waals surface area contributed by atoms with E-state index in [1.165, 1.54) is 77.0 Å². The fourth-order valence-electron chi connectivity index (χ4n) is 4.94. The third-order valence-corrected chi connectivity index (χ3v) is 6.48. The Morgan fingerprint density at radius 1 is 0.818 bits per heavy atom. The molecule has 0 aromatic carbocycles. The molecule has 1 nitrogen and oxygen atoms in total. The smallest absolute Gasteiger partial charge is 0.135 e. The van der Waals surface area contributed by atoms with Crippen molar-refractivity contribution in [3.05, 3.63) is 0 Å². The molecule has 128 valence electrons. The zero-order valence-corrected chi connectivity index (χ0v) is 15.1. The van der Waals surface area contributed by atoms with Crippen LogP contribution in [0.25, 0.3) is 0 Å². The van der Waals surface area contributed by atoms with E-state index in [1.54, 1.807) is 0 Å². The number of hydrogen-bond acceptors (Lipinski definition) is 1. The number of carbonyl (C=O) groups is 1. The highest BCUT2D eigenvalue weighted by atomic mass is 16.1. The lowest BCUT2D eigenvalue weighted by molar-refractivity contribution is -0.126. The van der Waals surface area contributed by atoms with Crippen molar-refractivity contribution >= 4 is 5.78 Å². The minimum Gasteiger partial charge on any atom is -0.299 e. The summed E-state index contributed by atoms with van der Waals surface area (Å²) in [6, 6.07) is 0. The number of hydrogen-bond donors (Lipinski definition) is 0. The Labute approximate surface area is 138 Å². The maximum atomic E-state index is 12.1. The van der Waals surface area contributed by atoms with Crippen molar-refractivity contribution < 1.29 is 4.79 Å². The van der Waals surface area contributed by atoms with Crippen LogP contribution in [0.1, 0.15) is 104 Å². The van der Waals surface area contributed by atoms with Gasteiger partial charge in [0, 0.05) is 12.3 Å². The lowest BCUT2D eigenvalue weighted by atomic mass is 9.67. The third kappa shape index (κ3) is 5.39. The van der Waals surface area contributed by atoms with Crippen LogP contribution in [0.15, 0.2) is 0 Å². The summed E-state index contributed by atoms with van der Waals surface area (Å²) in [5, 5.41) is 0. The Kier molecular flexibility index (Phi) is 7.97. The molecule has 1 heteroatoms. The van der Waals surface area contributed by atoms with Gasteiger partial charge in [0.15, 0.2) is 0 Å². The molecule has 2 saturated carbocycles. The molecular weight excluding hydrogens is 268 g/mol. The molecular formula is C21H38O. The van der Waals surface area contributed by atoms with Gasteiger partial charge in [-0.1, -0.05) is 65.2 Å². The minimum atomic E-state index is 0.418. The SMILES string of the molecule is CCCCCC1CCC(C2CCC(=O)C(CCCC)C2)CC1. The van der Waals surface area contributed by atoms with Gasteiger partial charge in [-0.05, 0) is 49.9 Å². The Bertz CT molecular complexity index is 314. The van der Waals surface area contributed by atoms with Crippen LogP contribution in [0.3, 0.4) is 0 Å². The van der Waals surface area contributed by atoms with Gasteiger partial charge in [-0.3, -0.25) is 4.79 Å². The second-order valence-corrected chi connectivity index (χ2v) is 8.12. The summed E-state index contributed by atoms with van der Waals surface area (Å²) in [7, 11) is 0. The molecule has 2 unspecified atom stereocenters. The topological polar surface area (TPSA) is 17.1 Å². The number of ketones is 1. The molecule has 2 rings (SSSR count). The van der Waals surface area contributed by atoms with E-state index in [9.17, 15) is 4.79 Å². The number of carbonyl (C=O) groups excluding carboxylic acids is 1. The molecule has 0 amide bonds. The number of rotatable bonds is 8. The van der Waals surface area contributed by atoms with Crippen molar-refractivity contribution in [1.82, 2.24) is 0 Å². The van der Waals surface area contributed by atoms with Crippen LogP contribution < -0.4 is 0 Å². The van der Waals surface area contributed by atoms with Gasteiger partial charge in [0.2, 0.25) is 0 Å². The second kappa shape index (κ2) is 9.73. The van der Waals surface area contributed by atoms with Crippen LogP contribution in [0.5, 0.6) is 0 Å². The molecule has 0 spiro atoms. The summed E-state index contributed by atoms with van der Waals surface area (Å²) in [5.41, 5.74) is 0. The fourth-order valence-corrected chi connectivity index (χ4v) is 4.94. The van der Waals surface area contributed by atoms with Crippen molar-refractivity contribution in [3.8, 4) is 0 Å². The van der Waals surface area contributed by atoms with E-state index in [2.05, 4.69) is 13.8 Å². The molecule has 22 heavy (non-hydrogen) atoms. The fraction of sp³-hybridized carbons (Fsp3) is 0.952. The van der Waals surface area contributed by atoms with Crippen molar-refractivity contribution in [3.63, 3.8) is 0 Å². The minimum absolute atomic E-state index is 0.418. The molecule has 0 radical (unpaired) electrons. The summed E-state index contributed by atoms with van der Waals surface area (Å²) >= 11 is 0. The number of Topliss-reactive ketones (excluding diaryl/α,β-unsaturated/α-hetero) is 1. The Hall–Kier alpha value is -0.330. The third-order valence-electron chi connectivity index (χ3n) is 6.48. The molecule has 2 fully saturated rings. The zero-order valence-electron chi connectivity index (χ0n) is 15.1.